The average Bonchev–Trinajstić information content (AvgIpc) is 2.70. The molecule has 0 aliphatic carbocycles. The van der Waals surface area contributed by atoms with Crippen molar-refractivity contribution in [1.82, 2.24) is 0 Å². The number of ether oxygens (including phenoxy) is 1. The van der Waals surface area contributed by atoms with Crippen molar-refractivity contribution in [2.75, 3.05) is 0 Å². The maximum atomic E-state index is 11.0. The molecule has 1 aromatic heterocycles. The van der Waals surface area contributed by atoms with E-state index in [0.29, 0.717) is 12.4 Å². The van der Waals surface area contributed by atoms with E-state index in [1.165, 1.54) is 11.3 Å². The van der Waals surface area contributed by atoms with Crippen LogP contribution in [0.15, 0.2) is 30.3 Å². The molecule has 0 unspecified atom stereocenters. The zero-order valence-corrected chi connectivity index (χ0v) is 11.1. The minimum Gasteiger partial charge on any atom is -0.487 e. The number of carbonyl (C=O) groups is 1. The standard InChI is InChI=1S/C14H14O3S/c1-9-5-3-4-6-11(9)8-17-12-7-10(2)18-13(12)14(15)16/h3-7H,8H2,1-2H3,(H,15,16). The molecule has 0 saturated heterocycles. The van der Waals surface area contributed by atoms with E-state index in [1.807, 2.05) is 38.1 Å². The molecule has 94 valence electrons. The van der Waals surface area contributed by atoms with Crippen molar-refractivity contribution >= 4 is 17.3 Å². The molecule has 0 atom stereocenters. The van der Waals surface area contributed by atoms with Crippen LogP contribution in [0.5, 0.6) is 5.75 Å². The predicted molar refractivity (Wildman–Crippen MR) is 71.5 cm³/mol. The molecule has 0 saturated carbocycles. The van der Waals surface area contributed by atoms with Gasteiger partial charge < -0.3 is 9.84 Å². The van der Waals surface area contributed by atoms with Crippen LogP contribution in [0.4, 0.5) is 0 Å². The first-order chi connectivity index (χ1) is 8.58. The summed E-state index contributed by atoms with van der Waals surface area (Å²) >= 11 is 1.24. The maximum Gasteiger partial charge on any atom is 0.349 e. The quantitative estimate of drug-likeness (QED) is 0.915. The molecule has 4 heteroatoms. The van der Waals surface area contributed by atoms with Crippen molar-refractivity contribution < 1.29 is 14.6 Å². The smallest absolute Gasteiger partial charge is 0.349 e. The number of carboxylic acid groups (broad SMARTS) is 1. The number of benzene rings is 1. The van der Waals surface area contributed by atoms with Crippen molar-refractivity contribution in [1.29, 1.82) is 0 Å². The Kier molecular flexibility index (Phi) is 3.67. The molecule has 0 aliphatic rings. The van der Waals surface area contributed by atoms with E-state index in [0.717, 1.165) is 16.0 Å². The van der Waals surface area contributed by atoms with Crippen molar-refractivity contribution in [2.24, 2.45) is 0 Å². The largest absolute Gasteiger partial charge is 0.487 e. The van der Waals surface area contributed by atoms with Crippen molar-refractivity contribution in [3.05, 3.63) is 51.2 Å². The molecular formula is C14H14O3S. The van der Waals surface area contributed by atoms with Gasteiger partial charge in [0.15, 0.2) is 4.88 Å². The number of hydrogen-bond donors (Lipinski definition) is 1. The minimum atomic E-state index is -0.937. The summed E-state index contributed by atoms with van der Waals surface area (Å²) in [7, 11) is 0. The number of aromatic carboxylic acids is 1. The number of hydrogen-bond acceptors (Lipinski definition) is 3. The number of thiophene rings is 1. The van der Waals surface area contributed by atoms with Crippen LogP contribution in [-0.4, -0.2) is 11.1 Å². The number of rotatable bonds is 4. The molecule has 0 bridgehead atoms. The van der Waals surface area contributed by atoms with Crippen molar-refractivity contribution in [2.45, 2.75) is 20.5 Å². The van der Waals surface area contributed by atoms with Gasteiger partial charge in [-0.25, -0.2) is 4.79 Å². The summed E-state index contributed by atoms with van der Waals surface area (Å²) in [4.78, 5) is 12.2. The first kappa shape index (κ1) is 12.6. The van der Waals surface area contributed by atoms with E-state index < -0.39 is 5.97 Å². The molecular weight excluding hydrogens is 248 g/mol. The van der Waals surface area contributed by atoms with Gasteiger partial charge in [0.25, 0.3) is 0 Å². The summed E-state index contributed by atoms with van der Waals surface area (Å²) in [6, 6.07) is 9.68. The minimum absolute atomic E-state index is 0.265. The summed E-state index contributed by atoms with van der Waals surface area (Å²) in [5, 5.41) is 9.06. The molecule has 0 aliphatic heterocycles. The summed E-state index contributed by atoms with van der Waals surface area (Å²) in [5.74, 6) is -0.485. The second-order valence-electron chi connectivity index (χ2n) is 4.07. The van der Waals surface area contributed by atoms with Crippen LogP contribution < -0.4 is 4.74 Å². The van der Waals surface area contributed by atoms with Gasteiger partial charge in [-0.2, -0.15) is 0 Å². The second kappa shape index (κ2) is 5.23. The Morgan fingerprint density at radius 3 is 2.72 bits per heavy atom. The van der Waals surface area contributed by atoms with Gasteiger partial charge in [0.05, 0.1) is 0 Å². The summed E-state index contributed by atoms with van der Waals surface area (Å²) in [5.41, 5.74) is 2.21. The molecule has 2 rings (SSSR count). The lowest BCUT2D eigenvalue weighted by Gasteiger charge is -2.07. The molecule has 0 amide bonds. The first-order valence-corrected chi connectivity index (χ1v) is 6.40. The van der Waals surface area contributed by atoms with Crippen LogP contribution in [0, 0.1) is 13.8 Å². The van der Waals surface area contributed by atoms with Crippen LogP contribution in [-0.2, 0) is 6.61 Å². The van der Waals surface area contributed by atoms with Crippen LogP contribution in [0.25, 0.3) is 0 Å². The lowest BCUT2D eigenvalue weighted by Crippen LogP contribution is -2.01. The van der Waals surface area contributed by atoms with Gasteiger partial charge in [0.1, 0.15) is 12.4 Å². The highest BCUT2D eigenvalue weighted by molar-refractivity contribution is 7.14. The van der Waals surface area contributed by atoms with Gasteiger partial charge in [-0.15, -0.1) is 11.3 Å². The monoisotopic (exact) mass is 262 g/mol. The predicted octanol–water partition coefficient (Wildman–Crippen LogP) is 3.64. The van der Waals surface area contributed by atoms with Gasteiger partial charge in [-0.1, -0.05) is 24.3 Å². The number of carboxylic acids is 1. The molecule has 0 fully saturated rings. The zero-order chi connectivity index (χ0) is 13.1. The van der Waals surface area contributed by atoms with Crippen molar-refractivity contribution in [3.8, 4) is 5.75 Å². The fraction of sp³-hybridized carbons (Fsp3) is 0.214. The maximum absolute atomic E-state index is 11.0. The highest BCUT2D eigenvalue weighted by atomic mass is 32.1. The number of aryl methyl sites for hydroxylation is 2. The SMILES string of the molecule is Cc1cc(OCc2ccccc2C)c(C(=O)O)s1. The summed E-state index contributed by atoms with van der Waals surface area (Å²) in [6.45, 7) is 4.27. The Hall–Kier alpha value is -1.81. The topological polar surface area (TPSA) is 46.5 Å². The van der Waals surface area contributed by atoms with E-state index in [1.54, 1.807) is 6.07 Å². The van der Waals surface area contributed by atoms with Crippen molar-refractivity contribution in [3.63, 3.8) is 0 Å². The van der Waals surface area contributed by atoms with E-state index in [4.69, 9.17) is 9.84 Å². The van der Waals surface area contributed by atoms with Gasteiger partial charge in [0.2, 0.25) is 0 Å². The van der Waals surface area contributed by atoms with E-state index in [2.05, 4.69) is 0 Å². The zero-order valence-electron chi connectivity index (χ0n) is 10.3. The summed E-state index contributed by atoms with van der Waals surface area (Å²) in [6.07, 6.45) is 0. The third-order valence-electron chi connectivity index (χ3n) is 2.66. The normalized spacial score (nSPS) is 10.3. The van der Waals surface area contributed by atoms with Crippen LogP contribution in [0.3, 0.4) is 0 Å². The van der Waals surface area contributed by atoms with Crippen LogP contribution in [0.1, 0.15) is 25.7 Å². The van der Waals surface area contributed by atoms with Gasteiger partial charge in [-0.3, -0.25) is 0 Å². The lowest BCUT2D eigenvalue weighted by molar-refractivity contribution is 0.0697. The highest BCUT2D eigenvalue weighted by Gasteiger charge is 2.15. The molecule has 0 spiro atoms. The van der Waals surface area contributed by atoms with Gasteiger partial charge in [0, 0.05) is 4.88 Å². The summed E-state index contributed by atoms with van der Waals surface area (Å²) < 4.78 is 5.62. The Bertz CT molecular complexity index is 572. The first-order valence-electron chi connectivity index (χ1n) is 5.59. The lowest BCUT2D eigenvalue weighted by atomic mass is 10.1. The Balaban J connectivity index is 2.16. The molecule has 1 heterocycles. The molecule has 1 aromatic carbocycles. The van der Waals surface area contributed by atoms with Crippen LogP contribution in [0.2, 0.25) is 0 Å². The average molecular weight is 262 g/mol. The third kappa shape index (κ3) is 2.71. The van der Waals surface area contributed by atoms with E-state index in [-0.39, 0.29) is 4.88 Å². The molecule has 0 radical (unpaired) electrons. The van der Waals surface area contributed by atoms with Gasteiger partial charge >= 0.3 is 5.97 Å². The highest BCUT2D eigenvalue weighted by Crippen LogP contribution is 2.29. The van der Waals surface area contributed by atoms with Gasteiger partial charge in [-0.05, 0) is 31.0 Å². The Morgan fingerprint density at radius 2 is 2.06 bits per heavy atom. The fourth-order valence-electron chi connectivity index (χ4n) is 1.67. The molecule has 18 heavy (non-hydrogen) atoms. The fourth-order valence-corrected chi connectivity index (χ4v) is 2.47. The third-order valence-corrected chi connectivity index (χ3v) is 3.68. The Morgan fingerprint density at radius 1 is 1.33 bits per heavy atom. The Labute approximate surface area is 110 Å². The van der Waals surface area contributed by atoms with E-state index >= 15 is 0 Å². The molecule has 2 aromatic rings. The van der Waals surface area contributed by atoms with Crippen LogP contribution >= 0.6 is 11.3 Å². The molecule has 1 N–H and O–H groups in total. The van der Waals surface area contributed by atoms with E-state index in [9.17, 15) is 4.79 Å². The second-order valence-corrected chi connectivity index (χ2v) is 5.33. The molecule has 3 nitrogen and oxygen atoms in total.